The molecule has 0 atom stereocenters. The number of nitrogens with zero attached hydrogens (tertiary/aromatic N) is 2. The summed E-state index contributed by atoms with van der Waals surface area (Å²) in [5, 5.41) is 0. The van der Waals surface area contributed by atoms with Crippen LogP contribution in [-0.2, 0) is 6.42 Å². The number of benzene rings is 1. The summed E-state index contributed by atoms with van der Waals surface area (Å²) in [6, 6.07) is 8.68. The fourth-order valence-electron chi connectivity index (χ4n) is 2.23. The van der Waals surface area contributed by atoms with Crippen LogP contribution in [0.5, 0.6) is 0 Å². The highest BCUT2D eigenvalue weighted by Gasteiger charge is 2.20. The standard InChI is InChI=1S/C14H21N3/c1-11(2)14-16-9-10-17(14)13-5-3-12(4-6-13)7-8-15/h3-6,11H,7-10,15H2,1-2H3. The summed E-state index contributed by atoms with van der Waals surface area (Å²) in [5.41, 5.74) is 8.10. The predicted octanol–water partition coefficient (Wildman–Crippen LogP) is 2.06. The van der Waals surface area contributed by atoms with Crippen molar-refractivity contribution in [3.63, 3.8) is 0 Å². The maximum absolute atomic E-state index is 5.55. The Morgan fingerprint density at radius 1 is 1.29 bits per heavy atom. The predicted molar refractivity (Wildman–Crippen MR) is 73.7 cm³/mol. The van der Waals surface area contributed by atoms with Crippen LogP contribution in [0.25, 0.3) is 0 Å². The van der Waals surface area contributed by atoms with E-state index in [1.807, 2.05) is 0 Å². The molecule has 0 saturated carbocycles. The molecule has 2 N–H and O–H groups in total. The fourth-order valence-corrected chi connectivity index (χ4v) is 2.23. The van der Waals surface area contributed by atoms with Crippen molar-refractivity contribution in [3.8, 4) is 0 Å². The van der Waals surface area contributed by atoms with E-state index in [2.05, 4.69) is 48.0 Å². The zero-order chi connectivity index (χ0) is 12.3. The van der Waals surface area contributed by atoms with Gasteiger partial charge in [0.25, 0.3) is 0 Å². The van der Waals surface area contributed by atoms with Crippen molar-refractivity contribution < 1.29 is 0 Å². The molecule has 1 heterocycles. The molecular formula is C14H21N3. The summed E-state index contributed by atoms with van der Waals surface area (Å²) in [4.78, 5) is 6.89. The molecule has 1 aliphatic rings. The van der Waals surface area contributed by atoms with E-state index in [4.69, 9.17) is 5.73 Å². The second-order valence-corrected chi connectivity index (χ2v) is 4.75. The molecule has 92 valence electrons. The zero-order valence-electron chi connectivity index (χ0n) is 10.7. The third-order valence-corrected chi connectivity index (χ3v) is 3.07. The first-order valence-electron chi connectivity index (χ1n) is 6.33. The van der Waals surface area contributed by atoms with Crippen molar-refractivity contribution in [3.05, 3.63) is 29.8 Å². The summed E-state index contributed by atoms with van der Waals surface area (Å²) >= 11 is 0. The van der Waals surface area contributed by atoms with Crippen LogP contribution < -0.4 is 10.6 Å². The van der Waals surface area contributed by atoms with E-state index in [1.165, 1.54) is 17.1 Å². The number of hydrogen-bond donors (Lipinski definition) is 1. The van der Waals surface area contributed by atoms with Gasteiger partial charge in [-0.3, -0.25) is 4.99 Å². The Bertz CT molecular complexity index is 392. The van der Waals surface area contributed by atoms with E-state index in [1.54, 1.807) is 0 Å². The normalized spacial score (nSPS) is 15.5. The van der Waals surface area contributed by atoms with Gasteiger partial charge in [0.05, 0.1) is 6.54 Å². The van der Waals surface area contributed by atoms with Crippen molar-refractivity contribution >= 4 is 11.5 Å². The Hall–Kier alpha value is -1.35. The van der Waals surface area contributed by atoms with E-state index in [0.29, 0.717) is 12.5 Å². The highest BCUT2D eigenvalue weighted by Crippen LogP contribution is 2.21. The minimum absolute atomic E-state index is 0.487. The number of anilines is 1. The topological polar surface area (TPSA) is 41.6 Å². The number of aliphatic imine (C=N–C) groups is 1. The molecule has 0 unspecified atom stereocenters. The monoisotopic (exact) mass is 231 g/mol. The van der Waals surface area contributed by atoms with Gasteiger partial charge in [-0.1, -0.05) is 26.0 Å². The average Bonchev–Trinajstić information content (AvgIpc) is 2.79. The number of rotatable bonds is 4. The number of amidine groups is 1. The molecule has 2 rings (SSSR count). The van der Waals surface area contributed by atoms with E-state index in [-0.39, 0.29) is 0 Å². The minimum atomic E-state index is 0.487. The maximum Gasteiger partial charge on any atom is 0.106 e. The largest absolute Gasteiger partial charge is 0.330 e. The van der Waals surface area contributed by atoms with Gasteiger partial charge in [-0.25, -0.2) is 0 Å². The lowest BCUT2D eigenvalue weighted by Gasteiger charge is -2.23. The molecule has 0 fully saturated rings. The Kier molecular flexibility index (Phi) is 3.79. The first-order chi connectivity index (χ1) is 8.22. The van der Waals surface area contributed by atoms with Crippen LogP contribution >= 0.6 is 0 Å². The molecule has 0 saturated heterocycles. The minimum Gasteiger partial charge on any atom is -0.330 e. The Morgan fingerprint density at radius 3 is 2.59 bits per heavy atom. The third kappa shape index (κ3) is 2.67. The molecule has 0 aromatic heterocycles. The first-order valence-corrected chi connectivity index (χ1v) is 6.33. The number of hydrogen-bond acceptors (Lipinski definition) is 3. The van der Waals surface area contributed by atoms with Crippen LogP contribution in [0.2, 0.25) is 0 Å². The lowest BCUT2D eigenvalue weighted by Crippen LogP contribution is -2.30. The Balaban J connectivity index is 2.15. The van der Waals surface area contributed by atoms with Crippen molar-refractivity contribution in [1.82, 2.24) is 0 Å². The molecule has 3 heteroatoms. The summed E-state index contributed by atoms with van der Waals surface area (Å²) in [7, 11) is 0. The van der Waals surface area contributed by atoms with Gasteiger partial charge in [-0.2, -0.15) is 0 Å². The zero-order valence-corrected chi connectivity index (χ0v) is 10.7. The van der Waals surface area contributed by atoms with Crippen LogP contribution in [0.1, 0.15) is 19.4 Å². The average molecular weight is 231 g/mol. The molecule has 0 aliphatic carbocycles. The van der Waals surface area contributed by atoms with Crippen LogP contribution in [0, 0.1) is 5.92 Å². The van der Waals surface area contributed by atoms with Gasteiger partial charge in [0, 0.05) is 18.2 Å². The summed E-state index contributed by atoms with van der Waals surface area (Å²) in [5.74, 6) is 1.69. The molecule has 17 heavy (non-hydrogen) atoms. The molecule has 0 spiro atoms. The molecule has 1 aliphatic heterocycles. The van der Waals surface area contributed by atoms with Crippen molar-refractivity contribution in [2.45, 2.75) is 20.3 Å². The lowest BCUT2D eigenvalue weighted by atomic mass is 10.1. The van der Waals surface area contributed by atoms with Crippen LogP contribution in [-0.4, -0.2) is 25.5 Å². The van der Waals surface area contributed by atoms with Crippen LogP contribution in [0.3, 0.4) is 0 Å². The quantitative estimate of drug-likeness (QED) is 0.862. The van der Waals surface area contributed by atoms with Gasteiger partial charge < -0.3 is 10.6 Å². The summed E-state index contributed by atoms with van der Waals surface area (Å²) in [6.07, 6.45) is 0.950. The van der Waals surface area contributed by atoms with Crippen molar-refractivity contribution in [2.75, 3.05) is 24.5 Å². The SMILES string of the molecule is CC(C)C1=NCCN1c1ccc(CCN)cc1. The van der Waals surface area contributed by atoms with E-state index in [0.717, 1.165) is 19.5 Å². The van der Waals surface area contributed by atoms with Crippen molar-refractivity contribution in [1.29, 1.82) is 0 Å². The fraction of sp³-hybridized carbons (Fsp3) is 0.500. The van der Waals surface area contributed by atoms with Gasteiger partial charge in [0.15, 0.2) is 0 Å². The van der Waals surface area contributed by atoms with E-state index in [9.17, 15) is 0 Å². The Morgan fingerprint density at radius 2 is 2.00 bits per heavy atom. The molecule has 1 aromatic carbocycles. The smallest absolute Gasteiger partial charge is 0.106 e. The third-order valence-electron chi connectivity index (χ3n) is 3.07. The van der Waals surface area contributed by atoms with E-state index < -0.39 is 0 Å². The van der Waals surface area contributed by atoms with Gasteiger partial charge in [-0.05, 0) is 30.7 Å². The molecule has 0 bridgehead atoms. The van der Waals surface area contributed by atoms with Crippen LogP contribution in [0.4, 0.5) is 5.69 Å². The van der Waals surface area contributed by atoms with Gasteiger partial charge >= 0.3 is 0 Å². The molecule has 1 aromatic rings. The summed E-state index contributed by atoms with van der Waals surface area (Å²) in [6.45, 7) is 7.02. The van der Waals surface area contributed by atoms with Gasteiger partial charge in [0.1, 0.15) is 5.84 Å². The number of nitrogens with two attached hydrogens (primary N) is 1. The summed E-state index contributed by atoms with van der Waals surface area (Å²) < 4.78 is 0. The van der Waals surface area contributed by atoms with E-state index >= 15 is 0 Å². The highest BCUT2D eigenvalue weighted by atomic mass is 15.2. The van der Waals surface area contributed by atoms with Gasteiger partial charge in [0.2, 0.25) is 0 Å². The second kappa shape index (κ2) is 5.32. The maximum atomic E-state index is 5.55. The van der Waals surface area contributed by atoms with Crippen LogP contribution in [0.15, 0.2) is 29.3 Å². The molecule has 0 radical (unpaired) electrons. The van der Waals surface area contributed by atoms with Gasteiger partial charge in [-0.15, -0.1) is 0 Å². The molecular weight excluding hydrogens is 210 g/mol. The lowest BCUT2D eigenvalue weighted by molar-refractivity contribution is 0.864. The first kappa shape index (κ1) is 12.1. The second-order valence-electron chi connectivity index (χ2n) is 4.75. The highest BCUT2D eigenvalue weighted by molar-refractivity contribution is 6.00. The Labute approximate surface area is 103 Å². The molecule has 3 nitrogen and oxygen atoms in total. The van der Waals surface area contributed by atoms with Crippen molar-refractivity contribution in [2.24, 2.45) is 16.6 Å². The molecule has 0 amide bonds.